The van der Waals surface area contributed by atoms with Crippen LogP contribution in [-0.4, -0.2) is 9.13 Å². The lowest BCUT2D eigenvalue weighted by Gasteiger charge is -2.15. The number of aryl methyl sites for hydroxylation is 8. The van der Waals surface area contributed by atoms with Crippen molar-refractivity contribution in [3.8, 4) is 0 Å². The van der Waals surface area contributed by atoms with Crippen molar-refractivity contribution in [3.05, 3.63) is 143 Å². The molecule has 2 aromatic heterocycles. The first-order chi connectivity index (χ1) is 32.6. The topological polar surface area (TPSA) is 9.86 Å². The van der Waals surface area contributed by atoms with E-state index in [1.807, 2.05) is 0 Å². The van der Waals surface area contributed by atoms with E-state index in [0.29, 0.717) is 0 Å². The van der Waals surface area contributed by atoms with E-state index < -0.39 is 0 Å². The Kier molecular flexibility index (Phi) is 17.5. The lowest BCUT2D eigenvalue weighted by atomic mass is 9.93. The monoisotopic (exact) mass is 879 g/mol. The molecule has 6 aromatic carbocycles. The molecule has 8 aromatic rings. The van der Waals surface area contributed by atoms with Gasteiger partial charge >= 0.3 is 0 Å². The molecule has 0 aliphatic carbocycles. The second kappa shape index (κ2) is 24.3. The van der Waals surface area contributed by atoms with Crippen LogP contribution in [0.5, 0.6) is 0 Å². The van der Waals surface area contributed by atoms with Crippen LogP contribution in [-0.2, 0) is 51.6 Å². The molecule has 0 spiro atoms. The predicted octanol–water partition coefficient (Wildman–Crippen LogP) is 18.8. The molecule has 2 heterocycles. The van der Waals surface area contributed by atoms with Crippen LogP contribution in [0, 0.1) is 0 Å². The van der Waals surface area contributed by atoms with Crippen molar-refractivity contribution >= 4 is 54.4 Å². The Morgan fingerprint density at radius 1 is 0.303 bits per heavy atom. The highest BCUT2D eigenvalue weighted by atomic mass is 15.0. The minimum atomic E-state index is 1.02. The van der Waals surface area contributed by atoms with Gasteiger partial charge in [0.1, 0.15) is 0 Å². The van der Waals surface area contributed by atoms with Gasteiger partial charge in [0.25, 0.3) is 0 Å². The Morgan fingerprint density at radius 2 is 0.682 bits per heavy atom. The number of benzene rings is 6. The number of fused-ring (bicyclic) bond motifs is 7. The van der Waals surface area contributed by atoms with E-state index in [9.17, 15) is 0 Å². The molecule has 0 unspecified atom stereocenters. The normalized spacial score (nSPS) is 12.0. The van der Waals surface area contributed by atoms with Gasteiger partial charge in [0.2, 0.25) is 0 Å². The first-order valence-electron chi connectivity index (χ1n) is 27.2. The second-order valence-corrected chi connectivity index (χ2v) is 20.1. The molecule has 0 atom stereocenters. The van der Waals surface area contributed by atoms with Gasteiger partial charge in [-0.1, -0.05) is 165 Å². The van der Waals surface area contributed by atoms with Gasteiger partial charge in [0, 0.05) is 56.7 Å². The summed E-state index contributed by atoms with van der Waals surface area (Å²) in [5.41, 5.74) is 14.7. The predicted molar refractivity (Wildman–Crippen MR) is 291 cm³/mol. The highest BCUT2D eigenvalue weighted by Crippen LogP contribution is 2.35. The first kappa shape index (κ1) is 47.7. The standard InChI is InChI=1S/C64H82N2/c1-5-9-13-17-25-49-33-39-61-57(45-49)58-46-50(26-18-14-10-6-2)34-40-62(58)65(61)43-23-30-54-38-37-53-29-21-22-31-55(53)56(54)32-24-44-66-63-41-35-51(27-19-15-11-7-3)47-59(63)60-48-52(36-42-64(60)66)28-20-16-12-8-4/h21-22,29,31,33-42,45-48H,5-20,23-28,30,32,43-44H2,1-4H3. The molecule has 0 fully saturated rings. The molecule has 0 saturated carbocycles. The van der Waals surface area contributed by atoms with Crippen molar-refractivity contribution < 1.29 is 0 Å². The molecule has 0 saturated heterocycles. The minimum Gasteiger partial charge on any atom is -0.340 e. The third-order valence-electron chi connectivity index (χ3n) is 15.0. The SMILES string of the molecule is CCCCCCc1ccc2c(c1)c1cc(CCCCCC)ccc1n2CCCc1ccc2ccccc2c1CCCn1c2ccc(CCCCCC)cc2c2cc(CCCCCC)ccc21. The van der Waals surface area contributed by atoms with Crippen molar-refractivity contribution in [2.24, 2.45) is 0 Å². The molecule has 0 bridgehead atoms. The zero-order chi connectivity index (χ0) is 45.5. The van der Waals surface area contributed by atoms with Gasteiger partial charge in [-0.3, -0.25) is 0 Å². The lowest BCUT2D eigenvalue weighted by Crippen LogP contribution is -2.04. The fourth-order valence-electron chi connectivity index (χ4n) is 11.3. The van der Waals surface area contributed by atoms with Crippen LogP contribution in [0.1, 0.15) is 177 Å². The minimum absolute atomic E-state index is 1.02. The van der Waals surface area contributed by atoms with Crippen molar-refractivity contribution in [2.45, 2.75) is 195 Å². The Morgan fingerprint density at radius 3 is 1.08 bits per heavy atom. The zero-order valence-electron chi connectivity index (χ0n) is 41.7. The average molecular weight is 879 g/mol. The number of unbranched alkanes of at least 4 members (excludes halogenated alkanes) is 12. The summed E-state index contributed by atoms with van der Waals surface area (Å²) in [6.07, 6.45) is 30.1. The molecule has 0 N–H and O–H groups in total. The molecule has 0 radical (unpaired) electrons. The highest BCUT2D eigenvalue weighted by molar-refractivity contribution is 6.09. The van der Waals surface area contributed by atoms with E-state index in [2.05, 4.69) is 146 Å². The summed E-state index contributed by atoms with van der Waals surface area (Å²) in [7, 11) is 0. The highest BCUT2D eigenvalue weighted by Gasteiger charge is 2.16. The Hall–Kier alpha value is -4.82. The molecular weight excluding hydrogens is 797 g/mol. The summed E-state index contributed by atoms with van der Waals surface area (Å²) < 4.78 is 5.31. The quantitative estimate of drug-likeness (QED) is 0.0434. The summed E-state index contributed by atoms with van der Waals surface area (Å²) in [6.45, 7) is 11.3. The number of rotatable bonds is 28. The van der Waals surface area contributed by atoms with Gasteiger partial charge in [-0.25, -0.2) is 0 Å². The maximum atomic E-state index is 2.66. The molecule has 0 aliphatic rings. The number of aromatic nitrogens is 2. The second-order valence-electron chi connectivity index (χ2n) is 20.1. The molecule has 66 heavy (non-hydrogen) atoms. The van der Waals surface area contributed by atoms with Crippen molar-refractivity contribution in [1.29, 1.82) is 0 Å². The molecule has 0 amide bonds. The van der Waals surface area contributed by atoms with Crippen LogP contribution in [0.15, 0.2) is 109 Å². The van der Waals surface area contributed by atoms with Gasteiger partial charge in [-0.05, 0) is 170 Å². The van der Waals surface area contributed by atoms with Crippen molar-refractivity contribution in [1.82, 2.24) is 9.13 Å². The maximum Gasteiger partial charge on any atom is 0.0491 e. The van der Waals surface area contributed by atoms with E-state index in [1.54, 1.807) is 5.56 Å². The first-order valence-corrected chi connectivity index (χ1v) is 27.2. The van der Waals surface area contributed by atoms with Gasteiger partial charge in [0.15, 0.2) is 0 Å². The fraction of sp³-hybridized carbons (Fsp3) is 0.469. The van der Waals surface area contributed by atoms with E-state index >= 15 is 0 Å². The summed E-state index contributed by atoms with van der Waals surface area (Å²) in [5, 5.41) is 8.62. The number of hydrogen-bond donors (Lipinski definition) is 0. The van der Waals surface area contributed by atoms with E-state index in [4.69, 9.17) is 0 Å². The van der Waals surface area contributed by atoms with Crippen molar-refractivity contribution in [3.63, 3.8) is 0 Å². The third kappa shape index (κ3) is 11.6. The maximum absolute atomic E-state index is 2.66. The average Bonchev–Trinajstić information content (AvgIpc) is 3.82. The summed E-state index contributed by atoms with van der Waals surface area (Å²) in [6, 6.07) is 43.7. The molecule has 0 aliphatic heterocycles. The zero-order valence-corrected chi connectivity index (χ0v) is 41.7. The molecular formula is C64H82N2. The van der Waals surface area contributed by atoms with Crippen molar-refractivity contribution in [2.75, 3.05) is 0 Å². The van der Waals surface area contributed by atoms with E-state index in [1.165, 1.54) is 211 Å². The Balaban J connectivity index is 1.03. The van der Waals surface area contributed by atoms with Crippen LogP contribution >= 0.6 is 0 Å². The van der Waals surface area contributed by atoms with Gasteiger partial charge in [-0.2, -0.15) is 0 Å². The molecule has 348 valence electrons. The van der Waals surface area contributed by atoms with Crippen LogP contribution < -0.4 is 0 Å². The van der Waals surface area contributed by atoms with E-state index in [-0.39, 0.29) is 0 Å². The van der Waals surface area contributed by atoms with Crippen LogP contribution in [0.25, 0.3) is 54.4 Å². The molecule has 8 rings (SSSR count). The fourth-order valence-corrected chi connectivity index (χ4v) is 11.3. The van der Waals surface area contributed by atoms with Gasteiger partial charge in [0.05, 0.1) is 0 Å². The summed E-state index contributed by atoms with van der Waals surface area (Å²) >= 11 is 0. The van der Waals surface area contributed by atoms with Gasteiger partial charge < -0.3 is 9.13 Å². The largest absolute Gasteiger partial charge is 0.340 e. The summed E-state index contributed by atoms with van der Waals surface area (Å²) in [4.78, 5) is 0. The van der Waals surface area contributed by atoms with Crippen LogP contribution in [0.3, 0.4) is 0 Å². The van der Waals surface area contributed by atoms with Crippen LogP contribution in [0.2, 0.25) is 0 Å². The molecule has 2 heteroatoms. The Bertz CT molecular complexity index is 2640. The van der Waals surface area contributed by atoms with E-state index in [0.717, 1.165) is 38.8 Å². The van der Waals surface area contributed by atoms with Gasteiger partial charge in [-0.15, -0.1) is 0 Å². The third-order valence-corrected chi connectivity index (χ3v) is 15.0. The number of nitrogens with zero attached hydrogens (tertiary/aromatic N) is 2. The molecule has 2 nitrogen and oxygen atoms in total. The lowest BCUT2D eigenvalue weighted by molar-refractivity contribution is 0.659. The Labute approximate surface area is 399 Å². The summed E-state index contributed by atoms with van der Waals surface area (Å²) in [5.74, 6) is 0. The number of hydrogen-bond acceptors (Lipinski definition) is 0. The smallest absolute Gasteiger partial charge is 0.0491 e. The van der Waals surface area contributed by atoms with Crippen LogP contribution in [0.4, 0.5) is 0 Å².